The number of halogens is 2. The van der Waals surface area contributed by atoms with E-state index in [0.29, 0.717) is 16.1 Å². The average molecular weight is 405 g/mol. The van der Waals surface area contributed by atoms with Crippen molar-refractivity contribution < 1.29 is 10.0 Å². The van der Waals surface area contributed by atoms with Crippen LogP contribution in [0.4, 0.5) is 0 Å². The van der Waals surface area contributed by atoms with E-state index in [1.807, 2.05) is 30.3 Å². The first-order chi connectivity index (χ1) is 13.1. The zero-order valence-corrected chi connectivity index (χ0v) is 16.4. The predicted octanol–water partition coefficient (Wildman–Crippen LogP) is 4.89. The normalized spacial score (nSPS) is 17.5. The molecule has 1 aliphatic rings. The maximum absolute atomic E-state index is 11.1. The van der Waals surface area contributed by atoms with Crippen LogP contribution >= 0.6 is 23.2 Å². The Morgan fingerprint density at radius 2 is 1.96 bits per heavy atom. The molecule has 0 aromatic heterocycles. The van der Waals surface area contributed by atoms with E-state index in [4.69, 9.17) is 28.4 Å². The zero-order chi connectivity index (χ0) is 19.2. The fourth-order valence-electron chi connectivity index (χ4n) is 3.48. The first kappa shape index (κ1) is 19.9. The number of nitrogens with one attached hydrogen (secondary N) is 1. The Hall–Kier alpha value is -1.85. The van der Waals surface area contributed by atoms with Gasteiger partial charge in [-0.25, -0.2) is 5.48 Å². The number of nitrogens with zero attached hydrogens (tertiary/aromatic N) is 1. The van der Waals surface area contributed by atoms with Gasteiger partial charge in [0, 0.05) is 18.7 Å². The molecule has 6 heteroatoms. The number of likely N-dealkylation sites (tertiary alicyclic amines) is 1. The molecule has 2 aromatic carbocycles. The van der Waals surface area contributed by atoms with E-state index in [-0.39, 0.29) is 0 Å². The van der Waals surface area contributed by atoms with Crippen LogP contribution in [0.5, 0.6) is 0 Å². The molecule has 4 nitrogen and oxygen atoms in total. The van der Waals surface area contributed by atoms with Gasteiger partial charge < -0.3 is 0 Å². The minimum atomic E-state index is -0.539. The molecule has 1 unspecified atom stereocenters. The summed E-state index contributed by atoms with van der Waals surface area (Å²) < 4.78 is 0. The Labute approximate surface area is 169 Å². The number of benzene rings is 2. The van der Waals surface area contributed by atoms with Crippen molar-refractivity contribution in [2.45, 2.75) is 25.3 Å². The lowest BCUT2D eigenvalue weighted by Gasteiger charge is -2.25. The number of carbonyl (C=O) groups excluding carboxylic acids is 1. The van der Waals surface area contributed by atoms with Gasteiger partial charge in [-0.3, -0.25) is 14.9 Å². The van der Waals surface area contributed by atoms with Crippen molar-refractivity contribution in [2.75, 3.05) is 13.1 Å². The first-order valence-electron chi connectivity index (χ1n) is 8.97. The Morgan fingerprint density at radius 1 is 1.19 bits per heavy atom. The van der Waals surface area contributed by atoms with Gasteiger partial charge in [-0.2, -0.15) is 0 Å². The van der Waals surface area contributed by atoms with Crippen molar-refractivity contribution >= 4 is 35.2 Å². The highest BCUT2D eigenvalue weighted by atomic mass is 35.5. The molecule has 1 fully saturated rings. The van der Waals surface area contributed by atoms with Gasteiger partial charge in [-0.1, -0.05) is 53.5 Å². The summed E-state index contributed by atoms with van der Waals surface area (Å²) in [5.41, 5.74) is 4.98. The van der Waals surface area contributed by atoms with Gasteiger partial charge in [0.15, 0.2) is 0 Å². The smallest absolute Gasteiger partial charge is 0.267 e. The fourth-order valence-corrected chi connectivity index (χ4v) is 3.80. The number of hydrogen-bond acceptors (Lipinski definition) is 3. The lowest BCUT2D eigenvalue weighted by Crippen LogP contribution is -2.25. The van der Waals surface area contributed by atoms with Crippen LogP contribution in [0.25, 0.3) is 6.08 Å². The van der Waals surface area contributed by atoms with E-state index in [0.717, 1.165) is 31.5 Å². The summed E-state index contributed by atoms with van der Waals surface area (Å²) in [6, 6.07) is 14.4. The summed E-state index contributed by atoms with van der Waals surface area (Å²) in [6.45, 7) is 2.06. The second-order valence-corrected chi connectivity index (χ2v) is 7.48. The molecule has 1 amide bonds. The van der Waals surface area contributed by atoms with Crippen molar-refractivity contribution in [1.29, 1.82) is 0 Å². The van der Waals surface area contributed by atoms with E-state index in [2.05, 4.69) is 17.0 Å². The van der Waals surface area contributed by atoms with E-state index in [1.165, 1.54) is 23.6 Å². The van der Waals surface area contributed by atoms with E-state index >= 15 is 0 Å². The molecule has 3 rings (SSSR count). The van der Waals surface area contributed by atoms with Gasteiger partial charge in [0.05, 0.1) is 10.0 Å². The van der Waals surface area contributed by atoms with Crippen LogP contribution in [0.2, 0.25) is 10.0 Å². The van der Waals surface area contributed by atoms with E-state index in [1.54, 1.807) is 11.6 Å². The van der Waals surface area contributed by atoms with Crippen LogP contribution in [0.15, 0.2) is 48.5 Å². The van der Waals surface area contributed by atoms with Crippen LogP contribution in [-0.2, 0) is 11.2 Å². The Balaban J connectivity index is 1.62. The lowest BCUT2D eigenvalue weighted by molar-refractivity contribution is -0.124. The van der Waals surface area contributed by atoms with Crippen LogP contribution in [0.1, 0.15) is 35.6 Å². The van der Waals surface area contributed by atoms with Crippen LogP contribution in [0, 0.1) is 0 Å². The molecular weight excluding hydrogens is 383 g/mol. The molecule has 142 valence electrons. The summed E-state index contributed by atoms with van der Waals surface area (Å²) in [7, 11) is 0. The third-order valence-corrected chi connectivity index (χ3v) is 5.63. The fraction of sp³-hybridized carbons (Fsp3) is 0.286. The molecule has 0 spiro atoms. The third-order valence-electron chi connectivity index (χ3n) is 4.89. The topological polar surface area (TPSA) is 52.6 Å². The summed E-state index contributed by atoms with van der Waals surface area (Å²) in [6.07, 6.45) is 6.23. The molecular formula is C21H22Cl2N2O2. The van der Waals surface area contributed by atoms with Crippen LogP contribution in [-0.4, -0.2) is 29.1 Å². The molecule has 0 bridgehead atoms. The first-order valence-corrected chi connectivity index (χ1v) is 9.72. The monoisotopic (exact) mass is 404 g/mol. The van der Waals surface area contributed by atoms with Gasteiger partial charge in [-0.15, -0.1) is 0 Å². The average Bonchev–Trinajstić information content (AvgIpc) is 3.16. The molecule has 0 radical (unpaired) electrons. The molecule has 2 aromatic rings. The summed E-state index contributed by atoms with van der Waals surface area (Å²) in [5, 5.41) is 9.71. The summed E-state index contributed by atoms with van der Waals surface area (Å²) in [5.74, 6) is -0.539. The quantitative estimate of drug-likeness (QED) is 0.409. The van der Waals surface area contributed by atoms with Crippen molar-refractivity contribution in [3.63, 3.8) is 0 Å². The van der Waals surface area contributed by atoms with Crippen LogP contribution in [0.3, 0.4) is 0 Å². The van der Waals surface area contributed by atoms with Gasteiger partial charge >= 0.3 is 0 Å². The maximum atomic E-state index is 11.1. The van der Waals surface area contributed by atoms with Gasteiger partial charge in [-0.05, 0) is 60.7 Å². The SMILES string of the molecule is O=C(C=Cc1ccc(C2CCCN2CCc2ccc(Cl)c(Cl)c2)cc1)NO. The zero-order valence-electron chi connectivity index (χ0n) is 14.9. The van der Waals surface area contributed by atoms with E-state index < -0.39 is 5.91 Å². The van der Waals surface area contributed by atoms with Crippen molar-refractivity contribution in [1.82, 2.24) is 10.4 Å². The standard InChI is InChI=1S/C21H22Cl2N2O2/c22-18-9-5-16(14-19(18)23)11-13-25-12-1-2-20(25)17-7-3-15(4-8-17)6-10-21(26)24-27/h3-10,14,20,27H,1-2,11-13H2,(H,24,26). The highest BCUT2D eigenvalue weighted by Gasteiger charge is 2.25. The maximum Gasteiger partial charge on any atom is 0.267 e. The highest BCUT2D eigenvalue weighted by molar-refractivity contribution is 6.42. The largest absolute Gasteiger partial charge is 0.296 e. The molecule has 2 N–H and O–H groups in total. The van der Waals surface area contributed by atoms with Gasteiger partial charge in [0.1, 0.15) is 0 Å². The molecule has 1 saturated heterocycles. The van der Waals surface area contributed by atoms with Gasteiger partial charge in [0.25, 0.3) is 5.91 Å². The number of rotatable bonds is 6. The Bertz CT molecular complexity index is 821. The minimum Gasteiger partial charge on any atom is -0.296 e. The second-order valence-electron chi connectivity index (χ2n) is 6.67. The van der Waals surface area contributed by atoms with Crippen molar-refractivity contribution in [2.24, 2.45) is 0 Å². The minimum absolute atomic E-state index is 0.409. The summed E-state index contributed by atoms with van der Waals surface area (Å²) in [4.78, 5) is 13.6. The van der Waals surface area contributed by atoms with Crippen molar-refractivity contribution in [3.05, 3.63) is 75.3 Å². The molecule has 0 saturated carbocycles. The van der Waals surface area contributed by atoms with Crippen LogP contribution < -0.4 is 5.48 Å². The Kier molecular flexibility index (Phi) is 6.91. The molecule has 1 atom stereocenters. The Morgan fingerprint density at radius 3 is 2.67 bits per heavy atom. The van der Waals surface area contributed by atoms with Gasteiger partial charge in [0.2, 0.25) is 0 Å². The number of hydrogen-bond donors (Lipinski definition) is 2. The second kappa shape index (κ2) is 9.38. The predicted molar refractivity (Wildman–Crippen MR) is 109 cm³/mol. The number of carbonyl (C=O) groups is 1. The highest BCUT2D eigenvalue weighted by Crippen LogP contribution is 2.32. The summed E-state index contributed by atoms with van der Waals surface area (Å²) >= 11 is 12.1. The van der Waals surface area contributed by atoms with Crippen molar-refractivity contribution in [3.8, 4) is 0 Å². The van der Waals surface area contributed by atoms with E-state index in [9.17, 15) is 4.79 Å². The molecule has 27 heavy (non-hydrogen) atoms. The molecule has 1 aliphatic heterocycles. The molecule has 0 aliphatic carbocycles. The number of amides is 1. The number of hydroxylamine groups is 1. The lowest BCUT2D eigenvalue weighted by atomic mass is 10.0. The third kappa shape index (κ3) is 5.33. The molecule has 1 heterocycles.